The zero-order valence-corrected chi connectivity index (χ0v) is 13.7. The fraction of sp³-hybridized carbons (Fsp3) is 0.412. The van der Waals surface area contributed by atoms with Crippen LogP contribution in [0.15, 0.2) is 45.5 Å². The van der Waals surface area contributed by atoms with Crippen molar-refractivity contribution in [2.75, 3.05) is 6.54 Å². The molecule has 108 valence electrons. The Morgan fingerprint density at radius 1 is 1.05 bits per heavy atom. The number of rotatable bonds is 7. The van der Waals surface area contributed by atoms with Crippen LogP contribution < -0.4 is 5.32 Å². The van der Waals surface area contributed by atoms with Gasteiger partial charge in [0.05, 0.1) is 6.04 Å². The highest BCUT2D eigenvalue weighted by molar-refractivity contribution is 9.10. The summed E-state index contributed by atoms with van der Waals surface area (Å²) in [6, 6.07) is 13.1. The molecule has 1 aromatic carbocycles. The summed E-state index contributed by atoms with van der Waals surface area (Å²) in [6.45, 7) is 5.36. The number of hydrogen-bond acceptors (Lipinski definition) is 2. The lowest BCUT2D eigenvalue weighted by atomic mass is 10.0. The average Bonchev–Trinajstić information content (AvgIpc) is 2.90. The molecule has 0 bridgehead atoms. The molecule has 0 aliphatic carbocycles. The molecule has 2 nitrogen and oxygen atoms in total. The molecule has 1 atom stereocenters. The largest absolute Gasteiger partial charge is 0.453 e. The number of furan rings is 1. The van der Waals surface area contributed by atoms with Gasteiger partial charge < -0.3 is 9.73 Å². The smallest absolute Gasteiger partial charge is 0.169 e. The van der Waals surface area contributed by atoms with E-state index in [1.165, 1.54) is 11.1 Å². The van der Waals surface area contributed by atoms with E-state index in [1.54, 1.807) is 0 Å². The van der Waals surface area contributed by atoms with Crippen LogP contribution in [0.5, 0.6) is 0 Å². The molecule has 20 heavy (non-hydrogen) atoms. The van der Waals surface area contributed by atoms with Crippen molar-refractivity contribution in [3.05, 3.63) is 58.0 Å². The number of benzene rings is 1. The third kappa shape index (κ3) is 4.22. The minimum absolute atomic E-state index is 0.230. The molecule has 3 heteroatoms. The van der Waals surface area contributed by atoms with Gasteiger partial charge >= 0.3 is 0 Å². The van der Waals surface area contributed by atoms with Crippen LogP contribution in [0.3, 0.4) is 0 Å². The second-order valence-corrected chi connectivity index (χ2v) is 5.80. The summed E-state index contributed by atoms with van der Waals surface area (Å²) < 4.78 is 6.50. The monoisotopic (exact) mass is 335 g/mol. The summed E-state index contributed by atoms with van der Waals surface area (Å²) in [5, 5.41) is 3.56. The van der Waals surface area contributed by atoms with Crippen LogP contribution in [-0.4, -0.2) is 6.54 Å². The molecule has 0 spiro atoms. The van der Waals surface area contributed by atoms with Crippen molar-refractivity contribution in [1.29, 1.82) is 0 Å². The molecule has 0 amide bonds. The van der Waals surface area contributed by atoms with Gasteiger partial charge in [0.1, 0.15) is 5.76 Å². The van der Waals surface area contributed by atoms with E-state index in [0.29, 0.717) is 0 Å². The second-order valence-electron chi connectivity index (χ2n) is 5.02. The molecule has 0 aliphatic heterocycles. The fourth-order valence-corrected chi connectivity index (χ4v) is 2.57. The lowest BCUT2D eigenvalue weighted by Gasteiger charge is -2.16. The van der Waals surface area contributed by atoms with Gasteiger partial charge in [0.25, 0.3) is 0 Å². The first-order valence-electron chi connectivity index (χ1n) is 7.29. The molecule has 0 saturated heterocycles. The molecule has 0 fully saturated rings. The lowest BCUT2D eigenvalue weighted by molar-refractivity contribution is 0.400. The van der Waals surface area contributed by atoms with E-state index < -0.39 is 0 Å². The first-order valence-corrected chi connectivity index (χ1v) is 8.08. The van der Waals surface area contributed by atoms with Crippen molar-refractivity contribution < 1.29 is 4.42 Å². The van der Waals surface area contributed by atoms with Gasteiger partial charge in [-0.25, -0.2) is 0 Å². The molecular weight excluding hydrogens is 314 g/mol. The van der Waals surface area contributed by atoms with Crippen molar-refractivity contribution in [3.63, 3.8) is 0 Å². The molecule has 1 unspecified atom stereocenters. The summed E-state index contributed by atoms with van der Waals surface area (Å²) in [5.41, 5.74) is 2.72. The Hall–Kier alpha value is -1.06. The summed E-state index contributed by atoms with van der Waals surface area (Å²) in [6.07, 6.45) is 3.15. The second kappa shape index (κ2) is 7.65. The van der Waals surface area contributed by atoms with E-state index in [2.05, 4.69) is 59.4 Å². The Bertz CT molecular complexity index is 518. The highest BCUT2D eigenvalue weighted by Gasteiger charge is 2.15. The molecule has 1 aromatic heterocycles. The van der Waals surface area contributed by atoms with Gasteiger partial charge in [0.15, 0.2) is 4.67 Å². The molecule has 0 aliphatic rings. The predicted octanol–water partition coefficient (Wildman–Crippen LogP) is 4.89. The molecule has 1 heterocycles. The first kappa shape index (κ1) is 15.3. The van der Waals surface area contributed by atoms with Crippen LogP contribution in [0.1, 0.15) is 43.2 Å². The van der Waals surface area contributed by atoms with Gasteiger partial charge in [-0.1, -0.05) is 38.1 Å². The van der Waals surface area contributed by atoms with Crippen LogP contribution in [0, 0.1) is 0 Å². The van der Waals surface area contributed by atoms with Gasteiger partial charge in [0.2, 0.25) is 0 Å². The molecule has 1 N–H and O–H groups in total. The summed E-state index contributed by atoms with van der Waals surface area (Å²) >= 11 is 3.38. The highest BCUT2D eigenvalue weighted by Crippen LogP contribution is 2.24. The first-order chi connectivity index (χ1) is 9.72. The summed E-state index contributed by atoms with van der Waals surface area (Å²) in [4.78, 5) is 0. The molecule has 0 radical (unpaired) electrons. The van der Waals surface area contributed by atoms with Crippen molar-refractivity contribution in [2.24, 2.45) is 0 Å². The Balaban J connectivity index is 2.10. The molecular formula is C17H22BrNO. The fourth-order valence-electron chi connectivity index (χ4n) is 2.25. The summed E-state index contributed by atoms with van der Waals surface area (Å²) in [5.74, 6) is 0.991. The van der Waals surface area contributed by atoms with E-state index in [4.69, 9.17) is 4.42 Å². The Morgan fingerprint density at radius 3 is 2.30 bits per heavy atom. The summed E-state index contributed by atoms with van der Waals surface area (Å²) in [7, 11) is 0. The number of nitrogens with one attached hydrogen (secondary N) is 1. The van der Waals surface area contributed by atoms with Gasteiger partial charge in [-0.2, -0.15) is 0 Å². The SMILES string of the molecule is CCCNC(Cc1ccc(CC)cc1)c1ccc(Br)o1. The van der Waals surface area contributed by atoms with E-state index in [1.807, 2.05) is 12.1 Å². The predicted molar refractivity (Wildman–Crippen MR) is 87.0 cm³/mol. The number of hydrogen-bond donors (Lipinski definition) is 1. The van der Waals surface area contributed by atoms with Crippen molar-refractivity contribution in [1.82, 2.24) is 5.32 Å². The maximum atomic E-state index is 5.71. The van der Waals surface area contributed by atoms with Crippen LogP contribution in [-0.2, 0) is 12.8 Å². The molecule has 2 aromatic rings. The normalized spacial score (nSPS) is 12.6. The van der Waals surface area contributed by atoms with E-state index in [9.17, 15) is 0 Å². The van der Waals surface area contributed by atoms with Gasteiger partial charge in [-0.05, 0) is 65.0 Å². The maximum Gasteiger partial charge on any atom is 0.169 e. The van der Waals surface area contributed by atoms with E-state index in [-0.39, 0.29) is 6.04 Å². The average molecular weight is 336 g/mol. The Labute approximate surface area is 129 Å². The van der Waals surface area contributed by atoms with Crippen molar-refractivity contribution in [3.8, 4) is 0 Å². The lowest BCUT2D eigenvalue weighted by Crippen LogP contribution is -2.23. The third-order valence-electron chi connectivity index (χ3n) is 3.45. The quantitative estimate of drug-likeness (QED) is 0.779. The number of halogens is 1. The Kier molecular flexibility index (Phi) is 5.86. The standard InChI is InChI=1S/C17H22BrNO/c1-3-11-19-15(16-9-10-17(18)20-16)12-14-7-5-13(4-2)6-8-14/h5-10,15,19H,3-4,11-12H2,1-2H3. The zero-order valence-electron chi connectivity index (χ0n) is 12.2. The highest BCUT2D eigenvalue weighted by atomic mass is 79.9. The van der Waals surface area contributed by atoms with Crippen LogP contribution in [0.4, 0.5) is 0 Å². The molecule has 0 saturated carbocycles. The van der Waals surface area contributed by atoms with Crippen LogP contribution in [0.25, 0.3) is 0 Å². The van der Waals surface area contributed by atoms with Crippen molar-refractivity contribution in [2.45, 2.75) is 39.2 Å². The van der Waals surface area contributed by atoms with Gasteiger partial charge in [0, 0.05) is 0 Å². The van der Waals surface area contributed by atoms with Gasteiger partial charge in [-0.3, -0.25) is 0 Å². The zero-order chi connectivity index (χ0) is 14.4. The van der Waals surface area contributed by atoms with Crippen LogP contribution in [0.2, 0.25) is 0 Å². The Morgan fingerprint density at radius 2 is 1.75 bits per heavy atom. The number of aryl methyl sites for hydroxylation is 1. The minimum Gasteiger partial charge on any atom is -0.453 e. The maximum absolute atomic E-state index is 5.71. The minimum atomic E-state index is 0.230. The van der Waals surface area contributed by atoms with E-state index >= 15 is 0 Å². The molecule has 2 rings (SSSR count). The third-order valence-corrected chi connectivity index (χ3v) is 3.88. The van der Waals surface area contributed by atoms with E-state index in [0.717, 1.165) is 36.2 Å². The van der Waals surface area contributed by atoms with Crippen LogP contribution >= 0.6 is 15.9 Å². The van der Waals surface area contributed by atoms with Crippen molar-refractivity contribution >= 4 is 15.9 Å². The van der Waals surface area contributed by atoms with Gasteiger partial charge in [-0.15, -0.1) is 0 Å². The topological polar surface area (TPSA) is 25.2 Å².